The van der Waals surface area contributed by atoms with Gasteiger partial charge in [0.05, 0.1) is 5.56 Å². The Balaban J connectivity index is 2.64. The van der Waals surface area contributed by atoms with Crippen molar-refractivity contribution in [3.8, 4) is 5.75 Å². The van der Waals surface area contributed by atoms with Gasteiger partial charge in [-0.2, -0.15) is 8.78 Å². The monoisotopic (exact) mass is 234 g/mol. The van der Waals surface area contributed by atoms with Gasteiger partial charge < -0.3 is 5.11 Å². The van der Waals surface area contributed by atoms with E-state index in [1.165, 1.54) is 0 Å². The summed E-state index contributed by atoms with van der Waals surface area (Å²) in [7, 11) is 0. The van der Waals surface area contributed by atoms with Gasteiger partial charge in [0.15, 0.2) is 23.2 Å². The van der Waals surface area contributed by atoms with Crippen molar-refractivity contribution in [1.82, 2.24) is 0 Å². The number of aromatic hydroxyl groups is 1. The molecular weight excluding hydrogens is 228 g/mol. The molecule has 1 aliphatic carbocycles. The van der Waals surface area contributed by atoms with Gasteiger partial charge in [-0.25, -0.2) is 8.78 Å². The molecule has 0 bridgehead atoms. The van der Waals surface area contributed by atoms with Crippen molar-refractivity contribution in [2.24, 2.45) is 5.92 Å². The minimum absolute atomic E-state index is 0.446. The highest BCUT2D eigenvalue weighted by Gasteiger charge is 2.37. The van der Waals surface area contributed by atoms with Crippen LogP contribution < -0.4 is 0 Å². The first-order valence-corrected chi connectivity index (χ1v) is 4.54. The second kappa shape index (κ2) is 3.47. The first-order chi connectivity index (χ1) is 7.45. The van der Waals surface area contributed by atoms with E-state index < -0.39 is 46.3 Å². The zero-order valence-corrected chi connectivity index (χ0v) is 7.86. The van der Waals surface area contributed by atoms with E-state index in [1.54, 1.807) is 0 Å². The number of carbonyl (C=O) groups is 1. The number of phenolic OH excluding ortho intramolecular Hbond substituents is 1. The molecule has 1 aromatic carbocycles. The Labute approximate surface area is 87.5 Å². The van der Waals surface area contributed by atoms with Gasteiger partial charge in [-0.3, -0.25) is 4.79 Å². The molecule has 1 aromatic rings. The molecule has 1 aliphatic rings. The third-order valence-electron chi connectivity index (χ3n) is 2.43. The van der Waals surface area contributed by atoms with Crippen LogP contribution in [0.5, 0.6) is 5.75 Å². The van der Waals surface area contributed by atoms with Gasteiger partial charge in [0.1, 0.15) is 0 Å². The molecule has 1 saturated carbocycles. The number of rotatable bonds is 2. The van der Waals surface area contributed by atoms with Gasteiger partial charge >= 0.3 is 0 Å². The number of benzene rings is 1. The van der Waals surface area contributed by atoms with E-state index in [-0.39, 0.29) is 0 Å². The minimum atomic E-state index is -1.94. The normalized spacial score (nSPS) is 15.2. The highest BCUT2D eigenvalue weighted by molar-refractivity contribution is 6.00. The summed E-state index contributed by atoms with van der Waals surface area (Å²) in [5.74, 6) is -10.9. The number of Topliss-reactive ketones (excluding diaryl/α,β-unsaturated/α-hetero) is 1. The third kappa shape index (κ3) is 1.45. The highest BCUT2D eigenvalue weighted by atomic mass is 19.2. The first kappa shape index (κ1) is 10.9. The van der Waals surface area contributed by atoms with Crippen molar-refractivity contribution in [3.63, 3.8) is 0 Å². The maximum absolute atomic E-state index is 13.2. The second-order valence-corrected chi connectivity index (χ2v) is 3.62. The van der Waals surface area contributed by atoms with E-state index in [1.807, 2.05) is 0 Å². The molecule has 2 rings (SSSR count). The van der Waals surface area contributed by atoms with Gasteiger partial charge in [0.25, 0.3) is 0 Å². The number of ketones is 1. The smallest absolute Gasteiger partial charge is 0.204 e. The summed E-state index contributed by atoms with van der Waals surface area (Å²) in [5.41, 5.74) is -1.24. The topological polar surface area (TPSA) is 37.3 Å². The van der Waals surface area contributed by atoms with E-state index in [4.69, 9.17) is 5.11 Å². The first-order valence-electron chi connectivity index (χ1n) is 4.54. The predicted octanol–water partition coefficient (Wildman–Crippen LogP) is 2.54. The molecule has 0 radical (unpaired) electrons. The number of hydrogen-bond donors (Lipinski definition) is 1. The fourth-order valence-electron chi connectivity index (χ4n) is 1.39. The fourth-order valence-corrected chi connectivity index (χ4v) is 1.39. The molecule has 6 heteroatoms. The van der Waals surface area contributed by atoms with E-state index in [0.29, 0.717) is 12.8 Å². The summed E-state index contributed by atoms with van der Waals surface area (Å²) in [6.45, 7) is 0. The molecule has 0 spiro atoms. The summed E-state index contributed by atoms with van der Waals surface area (Å²) < 4.78 is 52.1. The molecule has 1 N–H and O–H groups in total. The maximum atomic E-state index is 13.2. The van der Waals surface area contributed by atoms with Crippen molar-refractivity contribution in [3.05, 3.63) is 28.8 Å². The number of carbonyl (C=O) groups excluding carboxylic acids is 1. The zero-order chi connectivity index (χ0) is 12.0. The average molecular weight is 234 g/mol. The minimum Gasteiger partial charge on any atom is -0.503 e. The molecule has 0 heterocycles. The Kier molecular flexibility index (Phi) is 2.36. The Morgan fingerprint density at radius 2 is 1.44 bits per heavy atom. The summed E-state index contributed by atoms with van der Waals surface area (Å²) in [6, 6.07) is 0. The summed E-state index contributed by atoms with van der Waals surface area (Å²) in [5, 5.41) is 8.69. The van der Waals surface area contributed by atoms with Gasteiger partial charge in [-0.05, 0) is 12.8 Å². The third-order valence-corrected chi connectivity index (χ3v) is 2.43. The van der Waals surface area contributed by atoms with E-state index in [2.05, 4.69) is 0 Å². The van der Waals surface area contributed by atoms with Crippen molar-refractivity contribution in [2.75, 3.05) is 0 Å². The molecule has 0 unspecified atom stereocenters. The fraction of sp³-hybridized carbons (Fsp3) is 0.300. The lowest BCUT2D eigenvalue weighted by atomic mass is 10.0. The van der Waals surface area contributed by atoms with Gasteiger partial charge in [-0.15, -0.1) is 0 Å². The zero-order valence-electron chi connectivity index (χ0n) is 7.86. The van der Waals surface area contributed by atoms with Crippen LogP contribution in [-0.2, 0) is 0 Å². The molecule has 0 saturated heterocycles. The molecule has 86 valence electrons. The average Bonchev–Trinajstić information content (AvgIpc) is 3.07. The maximum Gasteiger partial charge on any atom is 0.204 e. The predicted molar refractivity (Wildman–Crippen MR) is 45.0 cm³/mol. The largest absolute Gasteiger partial charge is 0.503 e. The van der Waals surface area contributed by atoms with E-state index in [9.17, 15) is 22.4 Å². The van der Waals surface area contributed by atoms with Crippen LogP contribution in [0.4, 0.5) is 17.6 Å². The lowest BCUT2D eigenvalue weighted by Gasteiger charge is -2.07. The molecule has 16 heavy (non-hydrogen) atoms. The van der Waals surface area contributed by atoms with Crippen molar-refractivity contribution >= 4 is 5.78 Å². The number of phenols is 1. The van der Waals surface area contributed by atoms with Crippen LogP contribution in [0.25, 0.3) is 0 Å². The molecule has 2 nitrogen and oxygen atoms in total. The summed E-state index contributed by atoms with van der Waals surface area (Å²) in [6.07, 6.45) is 0.893. The number of halogens is 4. The molecular formula is C10H6F4O2. The van der Waals surface area contributed by atoms with Gasteiger partial charge in [0.2, 0.25) is 11.6 Å². The lowest BCUT2D eigenvalue weighted by Crippen LogP contribution is -2.12. The summed E-state index contributed by atoms with van der Waals surface area (Å²) >= 11 is 0. The molecule has 0 aromatic heterocycles. The van der Waals surface area contributed by atoms with E-state index in [0.717, 1.165) is 0 Å². The van der Waals surface area contributed by atoms with Gasteiger partial charge in [0, 0.05) is 5.92 Å². The van der Waals surface area contributed by atoms with Crippen molar-refractivity contribution < 1.29 is 27.5 Å². The molecule has 1 fully saturated rings. The van der Waals surface area contributed by atoms with Crippen LogP contribution in [0.2, 0.25) is 0 Å². The van der Waals surface area contributed by atoms with Crippen molar-refractivity contribution in [1.29, 1.82) is 0 Å². The van der Waals surface area contributed by atoms with Crippen LogP contribution in [0.1, 0.15) is 23.2 Å². The van der Waals surface area contributed by atoms with Gasteiger partial charge in [-0.1, -0.05) is 0 Å². The highest BCUT2D eigenvalue weighted by Crippen LogP contribution is 2.36. The SMILES string of the molecule is O=C(c1c(F)c(F)c(O)c(F)c1F)C1CC1. The Bertz CT molecular complexity index is 451. The quantitative estimate of drug-likeness (QED) is 0.485. The Hall–Kier alpha value is -1.59. The standard InChI is InChI=1S/C10H6F4O2/c11-5-4(9(15)3-1-2-3)6(12)8(14)10(16)7(5)13/h3,16H,1-2H2. The van der Waals surface area contributed by atoms with Crippen LogP contribution in [0, 0.1) is 29.2 Å². The molecule has 0 amide bonds. The van der Waals surface area contributed by atoms with Crippen LogP contribution >= 0.6 is 0 Å². The van der Waals surface area contributed by atoms with Crippen molar-refractivity contribution in [2.45, 2.75) is 12.8 Å². The summed E-state index contributed by atoms with van der Waals surface area (Å²) in [4.78, 5) is 11.4. The Morgan fingerprint density at radius 3 is 1.81 bits per heavy atom. The van der Waals surface area contributed by atoms with Crippen LogP contribution in [0.15, 0.2) is 0 Å². The lowest BCUT2D eigenvalue weighted by molar-refractivity contribution is 0.0956. The van der Waals surface area contributed by atoms with E-state index >= 15 is 0 Å². The van der Waals surface area contributed by atoms with Crippen LogP contribution in [0.3, 0.4) is 0 Å². The number of hydrogen-bond acceptors (Lipinski definition) is 2. The molecule has 0 aliphatic heterocycles. The second-order valence-electron chi connectivity index (χ2n) is 3.62. The Morgan fingerprint density at radius 1 is 1.00 bits per heavy atom. The van der Waals surface area contributed by atoms with Crippen LogP contribution in [-0.4, -0.2) is 10.9 Å². The molecule has 0 atom stereocenters.